The Bertz CT molecular complexity index is 948. The van der Waals surface area contributed by atoms with Crippen molar-refractivity contribution in [3.63, 3.8) is 0 Å². The summed E-state index contributed by atoms with van der Waals surface area (Å²) in [5.41, 5.74) is -6.67. The highest BCUT2D eigenvalue weighted by Crippen LogP contribution is 2.45. The molecule has 0 aromatic heterocycles. The minimum Gasteiger partial charge on any atom is -0.467 e. The molecule has 9 heteroatoms. The Kier molecular flexibility index (Phi) is 7.05. The number of hydrogen-bond donors (Lipinski definition) is 5. The Morgan fingerprint density at radius 3 is 2.38 bits per heavy atom. The maximum atomic E-state index is 12.7. The molecule has 1 aromatic carbocycles. The average molecular weight is 447 g/mol. The van der Waals surface area contributed by atoms with Crippen LogP contribution in [0.3, 0.4) is 0 Å². The number of ether oxygens (including phenoxy) is 1. The molecular formula is C23H30N2O7. The SMILES string of the molecule is COC(=O)[C@]1(CO)NC(=O)C(C)(C)[C@@]1(O)C#CCNC(=O)C(C)(C)C(O)c1ccccc1. The summed E-state index contributed by atoms with van der Waals surface area (Å²) in [4.78, 5) is 37.5. The lowest BCUT2D eigenvalue weighted by atomic mass is 9.68. The molecule has 174 valence electrons. The van der Waals surface area contributed by atoms with E-state index in [0.29, 0.717) is 5.56 Å². The molecule has 9 nitrogen and oxygen atoms in total. The molecule has 1 heterocycles. The highest BCUT2D eigenvalue weighted by molar-refractivity contribution is 5.99. The molecule has 0 bridgehead atoms. The number of amides is 2. The highest BCUT2D eigenvalue weighted by atomic mass is 16.5. The number of esters is 1. The summed E-state index contributed by atoms with van der Waals surface area (Å²) in [6, 6.07) is 8.73. The molecule has 3 atom stereocenters. The van der Waals surface area contributed by atoms with E-state index in [1.807, 2.05) is 0 Å². The van der Waals surface area contributed by atoms with Crippen LogP contribution in [-0.2, 0) is 19.1 Å². The summed E-state index contributed by atoms with van der Waals surface area (Å²) in [6.07, 6.45) is -1.07. The number of hydrogen-bond acceptors (Lipinski definition) is 7. The van der Waals surface area contributed by atoms with E-state index in [0.717, 1.165) is 7.11 Å². The summed E-state index contributed by atoms with van der Waals surface area (Å²) in [7, 11) is 1.06. The van der Waals surface area contributed by atoms with Crippen LogP contribution in [0.1, 0.15) is 39.4 Å². The van der Waals surface area contributed by atoms with Crippen LogP contribution >= 0.6 is 0 Å². The second-order valence-corrected chi connectivity index (χ2v) is 8.86. The number of nitrogens with one attached hydrogen (secondary N) is 2. The van der Waals surface area contributed by atoms with Gasteiger partial charge in [-0.15, -0.1) is 0 Å². The van der Waals surface area contributed by atoms with Gasteiger partial charge < -0.3 is 30.7 Å². The molecule has 1 aromatic rings. The first kappa shape index (κ1) is 25.3. The quantitative estimate of drug-likeness (QED) is 0.297. The molecule has 2 amide bonds. The first-order chi connectivity index (χ1) is 14.8. The Hall–Kier alpha value is -2.93. The fourth-order valence-corrected chi connectivity index (χ4v) is 3.69. The first-order valence-corrected chi connectivity index (χ1v) is 10.1. The van der Waals surface area contributed by atoms with Gasteiger partial charge in [-0.3, -0.25) is 9.59 Å². The number of aliphatic hydroxyl groups is 3. The average Bonchev–Trinajstić information content (AvgIpc) is 2.93. The van der Waals surface area contributed by atoms with E-state index in [2.05, 4.69) is 27.2 Å². The van der Waals surface area contributed by atoms with Crippen molar-refractivity contribution >= 4 is 17.8 Å². The number of rotatable bonds is 6. The molecule has 0 saturated carbocycles. The normalized spacial score (nSPS) is 25.2. The molecule has 2 rings (SSSR count). The molecule has 32 heavy (non-hydrogen) atoms. The number of methoxy groups -OCH3 is 1. The van der Waals surface area contributed by atoms with Crippen molar-refractivity contribution in [2.45, 2.75) is 44.9 Å². The van der Waals surface area contributed by atoms with Gasteiger partial charge in [0, 0.05) is 0 Å². The van der Waals surface area contributed by atoms with Crippen molar-refractivity contribution in [2.24, 2.45) is 10.8 Å². The fraction of sp³-hybridized carbons (Fsp3) is 0.522. The zero-order chi connectivity index (χ0) is 24.4. The van der Waals surface area contributed by atoms with E-state index in [9.17, 15) is 29.7 Å². The largest absolute Gasteiger partial charge is 0.467 e. The van der Waals surface area contributed by atoms with E-state index in [1.54, 1.807) is 44.2 Å². The van der Waals surface area contributed by atoms with Gasteiger partial charge in [0.05, 0.1) is 37.2 Å². The van der Waals surface area contributed by atoms with Gasteiger partial charge in [0.25, 0.3) is 0 Å². The topological polar surface area (TPSA) is 145 Å². The van der Waals surface area contributed by atoms with E-state index in [1.165, 1.54) is 13.8 Å². The molecule has 1 aliphatic heterocycles. The summed E-state index contributed by atoms with van der Waals surface area (Å²) in [6.45, 7) is 4.75. The number of carbonyl (C=O) groups excluding carboxylic acids is 3. The smallest absolute Gasteiger partial charge is 0.338 e. The second-order valence-electron chi connectivity index (χ2n) is 8.86. The van der Waals surface area contributed by atoms with Crippen molar-refractivity contribution in [3.05, 3.63) is 35.9 Å². The summed E-state index contributed by atoms with van der Waals surface area (Å²) >= 11 is 0. The van der Waals surface area contributed by atoms with Crippen molar-refractivity contribution in [3.8, 4) is 11.8 Å². The van der Waals surface area contributed by atoms with E-state index < -0.39 is 52.5 Å². The van der Waals surface area contributed by atoms with Crippen LogP contribution < -0.4 is 10.6 Å². The van der Waals surface area contributed by atoms with Gasteiger partial charge in [0.2, 0.25) is 17.4 Å². The third kappa shape index (κ3) is 3.86. The van der Waals surface area contributed by atoms with Crippen LogP contribution in [0.25, 0.3) is 0 Å². The first-order valence-electron chi connectivity index (χ1n) is 10.1. The summed E-state index contributed by atoms with van der Waals surface area (Å²) in [5, 5.41) is 36.7. The van der Waals surface area contributed by atoms with Crippen molar-refractivity contribution in [1.82, 2.24) is 10.6 Å². The lowest BCUT2D eigenvalue weighted by molar-refractivity contribution is -0.162. The highest BCUT2D eigenvalue weighted by Gasteiger charge is 2.72. The van der Waals surface area contributed by atoms with Gasteiger partial charge in [-0.05, 0) is 33.3 Å². The zero-order valence-electron chi connectivity index (χ0n) is 18.9. The molecule has 5 N–H and O–H groups in total. The van der Waals surface area contributed by atoms with Crippen LogP contribution in [0.15, 0.2) is 30.3 Å². The Morgan fingerprint density at radius 1 is 1.25 bits per heavy atom. The molecular weight excluding hydrogens is 416 g/mol. The summed E-state index contributed by atoms with van der Waals surface area (Å²) < 4.78 is 4.68. The summed E-state index contributed by atoms with van der Waals surface area (Å²) in [5.74, 6) is 2.83. The monoisotopic (exact) mass is 446 g/mol. The van der Waals surface area contributed by atoms with E-state index in [-0.39, 0.29) is 6.54 Å². The minimum absolute atomic E-state index is 0.237. The molecule has 0 spiro atoms. The van der Waals surface area contributed by atoms with Crippen LogP contribution in [-0.4, -0.2) is 64.5 Å². The van der Waals surface area contributed by atoms with Gasteiger partial charge in [0.15, 0.2) is 5.60 Å². The number of benzene rings is 1. The Labute approximate surface area is 187 Å². The second kappa shape index (κ2) is 8.90. The van der Waals surface area contributed by atoms with Crippen molar-refractivity contribution in [2.75, 3.05) is 20.3 Å². The van der Waals surface area contributed by atoms with Crippen LogP contribution in [0.5, 0.6) is 0 Å². The Morgan fingerprint density at radius 2 is 1.84 bits per heavy atom. The van der Waals surface area contributed by atoms with Gasteiger partial charge in [-0.1, -0.05) is 42.2 Å². The third-order valence-electron chi connectivity index (χ3n) is 6.18. The predicted molar refractivity (Wildman–Crippen MR) is 115 cm³/mol. The maximum Gasteiger partial charge on any atom is 0.338 e. The standard InChI is InChI=1S/C23H30N2O7/c1-20(2,16(27)15-10-7-6-8-11-15)17(28)24-13-9-12-23(31)21(3,4)18(29)25-22(23,14-26)19(30)32-5/h6-8,10-11,16,26-27,31H,13-14H2,1-5H3,(H,24,28)(H,25,29)/t16?,22-,23-/m0/s1. The molecule has 0 radical (unpaired) electrons. The van der Waals surface area contributed by atoms with Crippen LogP contribution in [0, 0.1) is 22.7 Å². The van der Waals surface area contributed by atoms with E-state index in [4.69, 9.17) is 0 Å². The molecule has 1 unspecified atom stereocenters. The predicted octanol–water partition coefficient (Wildman–Crippen LogP) is -0.343. The van der Waals surface area contributed by atoms with Gasteiger partial charge in [-0.25, -0.2) is 4.79 Å². The molecule has 1 aliphatic rings. The van der Waals surface area contributed by atoms with Crippen molar-refractivity contribution < 1.29 is 34.4 Å². The number of aliphatic hydroxyl groups excluding tert-OH is 2. The van der Waals surface area contributed by atoms with E-state index >= 15 is 0 Å². The molecule has 0 aliphatic carbocycles. The van der Waals surface area contributed by atoms with Crippen LogP contribution in [0.4, 0.5) is 0 Å². The van der Waals surface area contributed by atoms with Gasteiger partial charge in [-0.2, -0.15) is 0 Å². The minimum atomic E-state index is -2.32. The van der Waals surface area contributed by atoms with Gasteiger partial charge in [0.1, 0.15) is 0 Å². The maximum absolute atomic E-state index is 12.7. The third-order valence-corrected chi connectivity index (χ3v) is 6.18. The zero-order valence-corrected chi connectivity index (χ0v) is 18.9. The lowest BCUT2D eigenvalue weighted by Crippen LogP contribution is -2.67. The molecule has 1 fully saturated rings. The Balaban J connectivity index is 2.24. The molecule has 1 saturated heterocycles. The van der Waals surface area contributed by atoms with Crippen LogP contribution in [0.2, 0.25) is 0 Å². The number of carbonyl (C=O) groups is 3. The van der Waals surface area contributed by atoms with Gasteiger partial charge >= 0.3 is 5.97 Å². The van der Waals surface area contributed by atoms with Crippen molar-refractivity contribution in [1.29, 1.82) is 0 Å². The fourth-order valence-electron chi connectivity index (χ4n) is 3.69. The lowest BCUT2D eigenvalue weighted by Gasteiger charge is -2.39.